The molecule has 2 aliphatic rings. The molecule has 1 fully saturated rings. The second kappa shape index (κ2) is 8.09. The smallest absolute Gasteiger partial charge is 0.255 e. The number of hydrogen-bond donors (Lipinski definition) is 1. The van der Waals surface area contributed by atoms with Gasteiger partial charge in [-0.2, -0.15) is 0 Å². The molecule has 0 spiro atoms. The molecule has 4 heterocycles. The summed E-state index contributed by atoms with van der Waals surface area (Å²) in [6.07, 6.45) is 5.79. The lowest BCUT2D eigenvalue weighted by molar-refractivity contribution is 0.0676. The predicted octanol–water partition coefficient (Wildman–Crippen LogP) is 2.86. The monoisotopic (exact) mass is 385 g/mol. The molecule has 27 heavy (non-hydrogen) atoms. The summed E-state index contributed by atoms with van der Waals surface area (Å²) in [6, 6.07) is 4.28. The van der Waals surface area contributed by atoms with Crippen LogP contribution in [-0.4, -0.2) is 51.5 Å². The molecular weight excluding hydrogens is 358 g/mol. The van der Waals surface area contributed by atoms with Crippen molar-refractivity contribution in [2.24, 2.45) is 0 Å². The minimum absolute atomic E-state index is 0.00898. The van der Waals surface area contributed by atoms with E-state index in [-0.39, 0.29) is 18.6 Å². The zero-order valence-electron chi connectivity index (χ0n) is 15.9. The number of pyridine rings is 1. The lowest BCUT2D eigenvalue weighted by atomic mass is 10.0. The molecule has 4 rings (SSSR count). The van der Waals surface area contributed by atoms with Crippen molar-refractivity contribution in [2.75, 3.05) is 19.7 Å². The fourth-order valence-corrected chi connectivity index (χ4v) is 5.24. The summed E-state index contributed by atoms with van der Waals surface area (Å²) in [7, 11) is 0. The van der Waals surface area contributed by atoms with Gasteiger partial charge in [0.15, 0.2) is 0 Å². The lowest BCUT2D eigenvalue weighted by Gasteiger charge is -2.28. The maximum Gasteiger partial charge on any atom is 0.255 e. The minimum Gasteiger partial charge on any atom is -0.394 e. The molecule has 144 valence electrons. The Bertz CT molecular complexity index is 802. The number of aromatic nitrogens is 1. The van der Waals surface area contributed by atoms with Crippen LogP contribution in [0, 0.1) is 0 Å². The summed E-state index contributed by atoms with van der Waals surface area (Å²) in [5.41, 5.74) is 4.45. The maximum absolute atomic E-state index is 13.0. The number of aliphatic hydroxyl groups excluding tert-OH is 1. The van der Waals surface area contributed by atoms with Gasteiger partial charge < -0.3 is 10.0 Å². The number of nitrogens with zero attached hydrogens (tertiary/aromatic N) is 3. The normalized spacial score (nSPS) is 20.1. The van der Waals surface area contributed by atoms with Crippen molar-refractivity contribution >= 4 is 17.2 Å². The molecule has 0 aromatic carbocycles. The van der Waals surface area contributed by atoms with Crippen molar-refractivity contribution in [3.05, 3.63) is 51.0 Å². The van der Waals surface area contributed by atoms with Crippen LogP contribution in [0.2, 0.25) is 0 Å². The van der Waals surface area contributed by atoms with E-state index in [1.54, 1.807) is 11.3 Å². The Morgan fingerprint density at radius 1 is 1.37 bits per heavy atom. The van der Waals surface area contributed by atoms with Gasteiger partial charge in [0.1, 0.15) is 0 Å². The second-order valence-electron chi connectivity index (χ2n) is 7.50. The van der Waals surface area contributed by atoms with E-state index in [2.05, 4.69) is 28.9 Å². The molecule has 0 aliphatic carbocycles. The van der Waals surface area contributed by atoms with Crippen LogP contribution in [0.5, 0.6) is 0 Å². The fraction of sp³-hybridized carbons (Fsp3) is 0.524. The van der Waals surface area contributed by atoms with Crippen LogP contribution in [0.1, 0.15) is 51.8 Å². The quantitative estimate of drug-likeness (QED) is 0.860. The van der Waals surface area contributed by atoms with E-state index in [9.17, 15) is 9.90 Å². The van der Waals surface area contributed by atoms with Crippen molar-refractivity contribution in [1.82, 2.24) is 14.8 Å². The number of thiophene rings is 1. The first-order valence-electron chi connectivity index (χ1n) is 9.86. The van der Waals surface area contributed by atoms with Gasteiger partial charge >= 0.3 is 0 Å². The van der Waals surface area contributed by atoms with Crippen molar-refractivity contribution in [3.63, 3.8) is 0 Å². The number of fused-ring (bicyclic) bond motifs is 1. The van der Waals surface area contributed by atoms with Gasteiger partial charge in [-0.1, -0.05) is 13.0 Å². The third-order valence-corrected chi connectivity index (χ3v) is 6.80. The van der Waals surface area contributed by atoms with E-state index in [1.165, 1.54) is 16.0 Å². The van der Waals surface area contributed by atoms with Crippen LogP contribution in [0.25, 0.3) is 0 Å². The molecule has 1 saturated heterocycles. The third kappa shape index (κ3) is 3.79. The molecule has 1 atom stereocenters. The number of likely N-dealkylation sites (tertiary alicyclic amines) is 1. The van der Waals surface area contributed by atoms with Gasteiger partial charge in [-0.05, 0) is 42.9 Å². The maximum atomic E-state index is 13.0. The summed E-state index contributed by atoms with van der Waals surface area (Å²) < 4.78 is 0. The average Bonchev–Trinajstić information content (AvgIpc) is 3.34. The Kier molecular flexibility index (Phi) is 5.57. The Morgan fingerprint density at radius 2 is 2.26 bits per heavy atom. The summed E-state index contributed by atoms with van der Waals surface area (Å²) in [6.45, 7) is 5.65. The zero-order chi connectivity index (χ0) is 18.8. The highest BCUT2D eigenvalue weighted by molar-refractivity contribution is 7.10. The second-order valence-corrected chi connectivity index (χ2v) is 8.46. The molecule has 2 aromatic heterocycles. The molecule has 1 unspecified atom stereocenters. The van der Waals surface area contributed by atoms with Crippen molar-refractivity contribution in [3.8, 4) is 0 Å². The number of aliphatic hydroxyl groups is 1. The van der Waals surface area contributed by atoms with E-state index in [0.717, 1.165) is 63.1 Å². The van der Waals surface area contributed by atoms with Gasteiger partial charge in [-0.25, -0.2) is 0 Å². The van der Waals surface area contributed by atoms with Crippen LogP contribution >= 0.6 is 11.3 Å². The lowest BCUT2D eigenvalue weighted by Crippen LogP contribution is -2.38. The number of rotatable bonds is 5. The van der Waals surface area contributed by atoms with Crippen molar-refractivity contribution in [2.45, 2.75) is 51.7 Å². The first-order chi connectivity index (χ1) is 13.2. The first kappa shape index (κ1) is 18.6. The average molecular weight is 386 g/mol. The molecule has 0 bridgehead atoms. The molecular formula is C21H27N3O2S. The van der Waals surface area contributed by atoms with Gasteiger partial charge in [0, 0.05) is 42.6 Å². The summed E-state index contributed by atoms with van der Waals surface area (Å²) in [4.78, 5) is 23.1. The highest BCUT2D eigenvalue weighted by atomic mass is 32.1. The van der Waals surface area contributed by atoms with Gasteiger partial charge in [0.05, 0.1) is 23.9 Å². The van der Waals surface area contributed by atoms with Crippen molar-refractivity contribution in [1.29, 1.82) is 0 Å². The zero-order valence-corrected chi connectivity index (χ0v) is 16.7. The Balaban J connectivity index is 1.44. The van der Waals surface area contributed by atoms with E-state index < -0.39 is 0 Å². The number of carbonyl (C=O) groups is 1. The van der Waals surface area contributed by atoms with Crippen LogP contribution in [0.3, 0.4) is 0 Å². The highest BCUT2D eigenvalue weighted by Crippen LogP contribution is 2.31. The molecule has 1 amide bonds. The number of aryl methyl sites for hydroxylation is 1. The molecule has 0 radical (unpaired) electrons. The van der Waals surface area contributed by atoms with Crippen LogP contribution in [0.4, 0.5) is 0 Å². The molecule has 2 aromatic rings. The molecule has 1 N–H and O–H groups in total. The van der Waals surface area contributed by atoms with E-state index >= 15 is 0 Å². The van der Waals surface area contributed by atoms with Crippen LogP contribution < -0.4 is 0 Å². The van der Waals surface area contributed by atoms with Crippen LogP contribution in [-0.2, 0) is 25.9 Å². The van der Waals surface area contributed by atoms with Gasteiger partial charge in [0.25, 0.3) is 5.91 Å². The minimum atomic E-state index is -0.00898. The Morgan fingerprint density at radius 3 is 3.00 bits per heavy atom. The van der Waals surface area contributed by atoms with E-state index in [0.29, 0.717) is 0 Å². The van der Waals surface area contributed by atoms with Gasteiger partial charge in [-0.15, -0.1) is 11.3 Å². The van der Waals surface area contributed by atoms with Crippen molar-refractivity contribution < 1.29 is 9.90 Å². The summed E-state index contributed by atoms with van der Waals surface area (Å²) in [5.74, 6) is 0.106. The highest BCUT2D eigenvalue weighted by Gasteiger charge is 2.32. The number of carbonyl (C=O) groups excluding carboxylic acids is 1. The number of amides is 1. The number of hydrogen-bond acceptors (Lipinski definition) is 5. The van der Waals surface area contributed by atoms with E-state index in [4.69, 9.17) is 0 Å². The SMILES string of the molecule is CCc1ccc(CN2CCc3c(C(=O)N4CCCC4CO)csc3C2)nc1. The van der Waals surface area contributed by atoms with E-state index in [1.807, 2.05) is 16.5 Å². The fourth-order valence-electron chi connectivity index (χ4n) is 4.13. The molecule has 2 aliphatic heterocycles. The molecule has 5 nitrogen and oxygen atoms in total. The standard InChI is InChI=1S/C21H27N3O2S/c1-2-15-5-6-16(22-10-15)11-23-9-7-18-19(14-27-20(18)12-23)21(26)24-8-3-4-17(24)13-25/h5-6,10,14,17,25H,2-4,7-9,11-13H2,1H3. The molecule has 0 saturated carbocycles. The van der Waals surface area contributed by atoms with Crippen LogP contribution in [0.15, 0.2) is 23.7 Å². The topological polar surface area (TPSA) is 56.7 Å². The summed E-state index contributed by atoms with van der Waals surface area (Å²) in [5, 5.41) is 11.6. The largest absolute Gasteiger partial charge is 0.394 e. The molecule has 6 heteroatoms. The Labute approximate surface area is 164 Å². The van der Waals surface area contributed by atoms with Gasteiger partial charge in [0.2, 0.25) is 0 Å². The predicted molar refractivity (Wildman–Crippen MR) is 107 cm³/mol. The first-order valence-corrected chi connectivity index (χ1v) is 10.7. The van der Waals surface area contributed by atoms with Gasteiger partial charge in [-0.3, -0.25) is 14.7 Å². The third-order valence-electron chi connectivity index (χ3n) is 5.78. The Hall–Kier alpha value is -1.76. The summed E-state index contributed by atoms with van der Waals surface area (Å²) >= 11 is 1.70.